The van der Waals surface area contributed by atoms with Crippen LogP contribution in [0.2, 0.25) is 0 Å². The lowest BCUT2D eigenvalue weighted by atomic mass is 9.87. The van der Waals surface area contributed by atoms with Crippen molar-refractivity contribution in [2.24, 2.45) is 5.73 Å². The third kappa shape index (κ3) is 3.94. The van der Waals surface area contributed by atoms with Crippen LogP contribution < -0.4 is 11.1 Å². The van der Waals surface area contributed by atoms with Gasteiger partial charge in [-0.1, -0.05) is 49.0 Å². The Hall–Kier alpha value is -2.29. The van der Waals surface area contributed by atoms with Crippen LogP contribution in [-0.4, -0.2) is 42.6 Å². The number of hydrogen-bond acceptors (Lipinski definition) is 5. The van der Waals surface area contributed by atoms with Crippen LogP contribution in [0.3, 0.4) is 0 Å². The molecule has 0 heterocycles. The summed E-state index contributed by atoms with van der Waals surface area (Å²) in [7, 11) is 1.57. The highest BCUT2D eigenvalue weighted by molar-refractivity contribution is 6.65. The number of nitrogens with two attached hydrogens (primary N) is 1. The standard InChI is InChI=1S/C21H28N2O4Si/c1-5-20(24)23-19-13-11-18(12-14-19)21(15-16-22,17-9-7-6-8-10-17)28(25-2,26-3)27-4/h5-14H,1,15-16,22H2,2-4H3,(H,23,24). The molecule has 1 unspecified atom stereocenters. The fourth-order valence-electron chi connectivity index (χ4n) is 3.71. The van der Waals surface area contributed by atoms with Crippen LogP contribution in [0.4, 0.5) is 5.69 Å². The van der Waals surface area contributed by atoms with Gasteiger partial charge in [0, 0.05) is 27.0 Å². The van der Waals surface area contributed by atoms with Gasteiger partial charge in [-0.2, -0.15) is 0 Å². The molecule has 0 saturated heterocycles. The van der Waals surface area contributed by atoms with Gasteiger partial charge < -0.3 is 24.3 Å². The molecule has 2 aromatic carbocycles. The van der Waals surface area contributed by atoms with E-state index >= 15 is 0 Å². The summed E-state index contributed by atoms with van der Waals surface area (Å²) in [6.07, 6.45) is 1.80. The Labute approximate surface area is 167 Å². The molecule has 6 nitrogen and oxygen atoms in total. The monoisotopic (exact) mass is 400 g/mol. The Kier molecular flexibility index (Phi) is 7.67. The van der Waals surface area contributed by atoms with E-state index in [4.69, 9.17) is 19.0 Å². The average molecular weight is 401 g/mol. The maximum absolute atomic E-state index is 11.6. The molecule has 28 heavy (non-hydrogen) atoms. The lowest BCUT2D eigenvalue weighted by Gasteiger charge is -2.44. The summed E-state index contributed by atoms with van der Waals surface area (Å²) in [6.45, 7) is 3.88. The van der Waals surface area contributed by atoms with Gasteiger partial charge >= 0.3 is 8.80 Å². The molecule has 1 atom stereocenters. The van der Waals surface area contributed by atoms with E-state index in [2.05, 4.69) is 11.9 Å². The predicted molar refractivity (Wildman–Crippen MR) is 113 cm³/mol. The molecule has 0 aliphatic rings. The van der Waals surface area contributed by atoms with E-state index in [0.29, 0.717) is 18.7 Å². The SMILES string of the molecule is C=CC(=O)Nc1ccc(C(CCN)(c2ccccc2)[Si](OC)(OC)OC)cc1. The minimum atomic E-state index is -3.24. The van der Waals surface area contributed by atoms with Crippen LogP contribution in [0.5, 0.6) is 0 Å². The van der Waals surface area contributed by atoms with E-state index in [0.717, 1.165) is 11.1 Å². The Balaban J connectivity index is 2.70. The molecule has 0 fully saturated rings. The van der Waals surface area contributed by atoms with Crippen molar-refractivity contribution in [2.45, 2.75) is 11.5 Å². The van der Waals surface area contributed by atoms with Crippen molar-refractivity contribution in [1.82, 2.24) is 0 Å². The number of carbonyl (C=O) groups is 1. The van der Waals surface area contributed by atoms with Gasteiger partial charge in [0.1, 0.15) is 0 Å². The average Bonchev–Trinajstić information content (AvgIpc) is 2.75. The van der Waals surface area contributed by atoms with Gasteiger partial charge in [-0.05, 0) is 42.3 Å². The van der Waals surface area contributed by atoms with Crippen molar-refractivity contribution in [3.05, 3.63) is 78.4 Å². The maximum atomic E-state index is 11.6. The minimum absolute atomic E-state index is 0.265. The molecule has 0 saturated carbocycles. The van der Waals surface area contributed by atoms with Crippen LogP contribution in [0.15, 0.2) is 67.3 Å². The number of anilines is 1. The van der Waals surface area contributed by atoms with E-state index in [9.17, 15) is 4.79 Å². The molecule has 2 aromatic rings. The Morgan fingerprint density at radius 2 is 1.57 bits per heavy atom. The van der Waals surface area contributed by atoms with Crippen molar-refractivity contribution in [2.75, 3.05) is 33.2 Å². The second-order valence-electron chi connectivity index (χ2n) is 6.25. The van der Waals surface area contributed by atoms with Crippen molar-refractivity contribution in [3.8, 4) is 0 Å². The first-order valence-electron chi connectivity index (χ1n) is 8.98. The highest BCUT2D eigenvalue weighted by Crippen LogP contribution is 2.44. The number of amides is 1. The Morgan fingerprint density at radius 1 is 1.04 bits per heavy atom. The second-order valence-corrected chi connectivity index (χ2v) is 9.44. The van der Waals surface area contributed by atoms with Crippen LogP contribution in [0, 0.1) is 0 Å². The van der Waals surface area contributed by atoms with Crippen LogP contribution >= 0.6 is 0 Å². The lowest BCUT2D eigenvalue weighted by Crippen LogP contribution is -2.62. The third-order valence-corrected chi connectivity index (χ3v) is 8.43. The molecule has 1 amide bonds. The predicted octanol–water partition coefficient (Wildman–Crippen LogP) is 2.86. The van der Waals surface area contributed by atoms with E-state index in [1.807, 2.05) is 54.6 Å². The smallest absolute Gasteiger partial charge is 0.376 e. The summed E-state index contributed by atoms with van der Waals surface area (Å²) >= 11 is 0. The van der Waals surface area contributed by atoms with Crippen molar-refractivity contribution in [1.29, 1.82) is 0 Å². The van der Waals surface area contributed by atoms with Gasteiger partial charge in [0.05, 0.1) is 5.04 Å². The van der Waals surface area contributed by atoms with Gasteiger partial charge in [-0.3, -0.25) is 4.79 Å². The zero-order chi connectivity index (χ0) is 20.6. The molecule has 0 aliphatic carbocycles. The first kappa shape index (κ1) is 22.0. The van der Waals surface area contributed by atoms with Crippen LogP contribution in [-0.2, 0) is 23.1 Å². The zero-order valence-electron chi connectivity index (χ0n) is 16.6. The number of benzene rings is 2. The fraction of sp³-hybridized carbons (Fsp3) is 0.286. The molecule has 7 heteroatoms. The van der Waals surface area contributed by atoms with Gasteiger partial charge in [0.15, 0.2) is 0 Å². The quantitative estimate of drug-likeness (QED) is 0.473. The van der Waals surface area contributed by atoms with Crippen molar-refractivity contribution in [3.63, 3.8) is 0 Å². The second kappa shape index (κ2) is 9.77. The Bertz CT molecular complexity index is 770. The molecule has 2 rings (SSSR count). The van der Waals surface area contributed by atoms with Gasteiger partial charge in [0.2, 0.25) is 5.91 Å². The molecule has 0 spiro atoms. The highest BCUT2D eigenvalue weighted by atomic mass is 28.4. The molecule has 0 aliphatic heterocycles. The summed E-state index contributed by atoms with van der Waals surface area (Å²) in [5, 5.41) is 2.05. The normalized spacial score (nSPS) is 13.6. The van der Waals surface area contributed by atoms with Crippen LogP contribution in [0.1, 0.15) is 17.5 Å². The summed E-state index contributed by atoms with van der Waals surface area (Å²) in [4.78, 5) is 11.6. The van der Waals surface area contributed by atoms with Gasteiger partial charge in [-0.25, -0.2) is 0 Å². The largest absolute Gasteiger partial charge is 0.515 e. The summed E-state index contributed by atoms with van der Waals surface area (Å²) in [5.41, 5.74) is 8.66. The zero-order valence-corrected chi connectivity index (χ0v) is 17.6. The summed E-state index contributed by atoms with van der Waals surface area (Å²) < 4.78 is 17.8. The van der Waals surface area contributed by atoms with Crippen LogP contribution in [0.25, 0.3) is 0 Å². The molecule has 0 aromatic heterocycles. The molecular weight excluding hydrogens is 372 g/mol. The fourth-order valence-corrected chi connectivity index (χ4v) is 6.74. The number of hydrogen-bond donors (Lipinski definition) is 2. The van der Waals surface area contributed by atoms with E-state index in [1.54, 1.807) is 21.3 Å². The minimum Gasteiger partial charge on any atom is -0.376 e. The summed E-state index contributed by atoms with van der Waals surface area (Å²) in [5.74, 6) is -0.265. The Morgan fingerprint density at radius 3 is 2.04 bits per heavy atom. The number of nitrogens with one attached hydrogen (secondary N) is 1. The molecule has 0 bridgehead atoms. The third-order valence-electron chi connectivity index (χ3n) is 4.95. The number of rotatable bonds is 10. The molecule has 150 valence electrons. The van der Waals surface area contributed by atoms with Crippen molar-refractivity contribution < 1.29 is 18.1 Å². The van der Waals surface area contributed by atoms with E-state index in [-0.39, 0.29) is 5.91 Å². The first-order chi connectivity index (χ1) is 13.5. The van der Waals surface area contributed by atoms with E-state index < -0.39 is 13.8 Å². The van der Waals surface area contributed by atoms with Gasteiger partial charge in [-0.15, -0.1) is 0 Å². The van der Waals surface area contributed by atoms with E-state index in [1.165, 1.54) is 6.08 Å². The molecule has 0 radical (unpaired) electrons. The molecule has 3 N–H and O–H groups in total. The topological polar surface area (TPSA) is 82.8 Å². The molecular formula is C21H28N2O4Si. The van der Waals surface area contributed by atoms with Gasteiger partial charge in [0.25, 0.3) is 0 Å². The summed E-state index contributed by atoms with van der Waals surface area (Å²) in [6, 6.07) is 17.5. The maximum Gasteiger partial charge on any atom is 0.515 e. The number of carbonyl (C=O) groups excluding carboxylic acids is 1. The highest BCUT2D eigenvalue weighted by Gasteiger charge is 2.61. The first-order valence-corrected chi connectivity index (χ1v) is 10.7. The lowest BCUT2D eigenvalue weighted by molar-refractivity contribution is -0.111. The van der Waals surface area contributed by atoms with Crippen molar-refractivity contribution >= 4 is 20.4 Å².